The minimum atomic E-state index is -0.472. The van der Waals surface area contributed by atoms with Crippen LogP contribution in [-0.2, 0) is 4.74 Å². The lowest BCUT2D eigenvalue weighted by molar-refractivity contribution is -0.0517. The molecule has 94 valence electrons. The van der Waals surface area contributed by atoms with Crippen LogP contribution in [0.5, 0.6) is 0 Å². The van der Waals surface area contributed by atoms with Gasteiger partial charge in [0, 0.05) is 6.54 Å². The molecule has 0 bridgehead atoms. The molecule has 0 aromatic rings. The zero-order chi connectivity index (χ0) is 12.5. The summed E-state index contributed by atoms with van der Waals surface area (Å²) in [5.74, 6) is 0.162. The Hall–Kier alpha value is -0.770. The number of ether oxygens (including phenoxy) is 1. The maximum Gasteiger partial charge on any atom is 0.410 e. The Morgan fingerprint density at radius 1 is 1.44 bits per heavy atom. The molecule has 2 unspecified atom stereocenters. The largest absolute Gasteiger partial charge is 0.444 e. The van der Waals surface area contributed by atoms with Crippen LogP contribution in [0.2, 0.25) is 0 Å². The van der Waals surface area contributed by atoms with Crippen molar-refractivity contribution < 1.29 is 14.6 Å². The summed E-state index contributed by atoms with van der Waals surface area (Å²) in [6.45, 7) is 10.1. The highest BCUT2D eigenvalue weighted by Crippen LogP contribution is 2.26. The van der Waals surface area contributed by atoms with Crippen LogP contribution in [0.15, 0.2) is 0 Å². The maximum atomic E-state index is 11.8. The van der Waals surface area contributed by atoms with Crippen molar-refractivity contribution in [3.63, 3.8) is 0 Å². The van der Waals surface area contributed by atoms with Crippen LogP contribution >= 0.6 is 0 Å². The van der Waals surface area contributed by atoms with Crippen molar-refractivity contribution in [3.05, 3.63) is 0 Å². The number of carbonyl (C=O) groups excluding carboxylic acids is 1. The summed E-state index contributed by atoms with van der Waals surface area (Å²) in [5.41, 5.74) is -0.472. The molecule has 1 aliphatic rings. The number of aliphatic hydroxyl groups is 1. The maximum absolute atomic E-state index is 11.8. The first kappa shape index (κ1) is 13.3. The second-order valence-corrected chi connectivity index (χ2v) is 5.76. The third-order valence-electron chi connectivity index (χ3n) is 2.77. The van der Waals surface area contributed by atoms with Gasteiger partial charge in [0.05, 0.1) is 12.1 Å². The quantitative estimate of drug-likeness (QED) is 0.788. The van der Waals surface area contributed by atoms with E-state index in [2.05, 4.69) is 0 Å². The van der Waals surface area contributed by atoms with Crippen LogP contribution in [0.1, 0.15) is 41.0 Å². The van der Waals surface area contributed by atoms with Gasteiger partial charge < -0.3 is 14.7 Å². The molecule has 0 radical (unpaired) electrons. The Morgan fingerprint density at radius 3 is 2.31 bits per heavy atom. The first-order valence-corrected chi connectivity index (χ1v) is 5.90. The summed E-state index contributed by atoms with van der Waals surface area (Å²) in [5, 5.41) is 9.91. The molecule has 1 amide bonds. The monoisotopic (exact) mass is 229 g/mol. The third kappa shape index (κ3) is 3.11. The van der Waals surface area contributed by atoms with Gasteiger partial charge in [-0.1, -0.05) is 13.8 Å². The van der Waals surface area contributed by atoms with Crippen LogP contribution < -0.4 is 0 Å². The molecule has 1 rings (SSSR count). The van der Waals surface area contributed by atoms with Gasteiger partial charge in [-0.15, -0.1) is 0 Å². The van der Waals surface area contributed by atoms with E-state index in [9.17, 15) is 9.90 Å². The summed E-state index contributed by atoms with van der Waals surface area (Å²) >= 11 is 0. The fourth-order valence-electron chi connectivity index (χ4n) is 1.75. The van der Waals surface area contributed by atoms with Gasteiger partial charge in [-0.2, -0.15) is 0 Å². The molecule has 1 N–H and O–H groups in total. The van der Waals surface area contributed by atoms with E-state index in [-0.39, 0.29) is 18.1 Å². The molecular formula is C12H23NO3. The summed E-state index contributed by atoms with van der Waals surface area (Å²) in [7, 11) is 0. The molecule has 16 heavy (non-hydrogen) atoms. The van der Waals surface area contributed by atoms with E-state index in [1.54, 1.807) is 4.90 Å². The molecule has 0 spiro atoms. The highest BCUT2D eigenvalue weighted by Gasteiger charge is 2.40. The molecule has 1 saturated heterocycles. The van der Waals surface area contributed by atoms with E-state index >= 15 is 0 Å². The number of amides is 1. The lowest BCUT2D eigenvalue weighted by Gasteiger charge is -2.44. The van der Waals surface area contributed by atoms with E-state index < -0.39 is 11.7 Å². The van der Waals surface area contributed by atoms with Crippen molar-refractivity contribution in [1.82, 2.24) is 4.90 Å². The second kappa shape index (κ2) is 4.62. The molecule has 2 atom stereocenters. The van der Waals surface area contributed by atoms with Crippen molar-refractivity contribution in [3.8, 4) is 0 Å². The zero-order valence-electron chi connectivity index (χ0n) is 10.9. The molecule has 1 fully saturated rings. The van der Waals surface area contributed by atoms with Gasteiger partial charge in [-0.05, 0) is 33.1 Å². The average Bonchev–Trinajstić information content (AvgIpc) is 1.97. The van der Waals surface area contributed by atoms with Crippen LogP contribution in [0.4, 0.5) is 4.79 Å². The Kier molecular flexibility index (Phi) is 3.84. The topological polar surface area (TPSA) is 49.8 Å². The fourth-order valence-corrected chi connectivity index (χ4v) is 1.75. The van der Waals surface area contributed by atoms with Crippen molar-refractivity contribution in [1.29, 1.82) is 0 Å². The first-order valence-electron chi connectivity index (χ1n) is 5.90. The summed E-state index contributed by atoms with van der Waals surface area (Å²) in [6.07, 6.45) is 0.0863. The Labute approximate surface area is 97.6 Å². The van der Waals surface area contributed by atoms with Crippen molar-refractivity contribution in [2.24, 2.45) is 5.92 Å². The number of aliphatic hydroxyl groups excluding tert-OH is 1. The summed E-state index contributed by atoms with van der Waals surface area (Å²) in [4.78, 5) is 13.4. The molecule has 4 heteroatoms. The lowest BCUT2D eigenvalue weighted by atomic mass is 9.91. The second-order valence-electron chi connectivity index (χ2n) is 5.76. The van der Waals surface area contributed by atoms with Gasteiger partial charge in [0.1, 0.15) is 5.60 Å². The fraction of sp³-hybridized carbons (Fsp3) is 0.917. The molecule has 4 nitrogen and oxygen atoms in total. The number of rotatable bonds is 2. The highest BCUT2D eigenvalue weighted by atomic mass is 16.6. The SMILES string of the molecule is CC(C)C(O)C1CCN1C(=O)OC(C)(C)C. The minimum Gasteiger partial charge on any atom is -0.444 e. The van der Waals surface area contributed by atoms with Gasteiger partial charge in [0.25, 0.3) is 0 Å². The van der Waals surface area contributed by atoms with E-state index in [0.717, 1.165) is 6.42 Å². The number of nitrogens with zero attached hydrogens (tertiary/aromatic N) is 1. The van der Waals surface area contributed by atoms with Crippen molar-refractivity contribution >= 4 is 6.09 Å². The summed E-state index contributed by atoms with van der Waals surface area (Å²) < 4.78 is 5.28. The van der Waals surface area contributed by atoms with Crippen LogP contribution in [0, 0.1) is 5.92 Å². The Balaban J connectivity index is 2.53. The molecule has 0 aliphatic carbocycles. The molecule has 1 aliphatic heterocycles. The number of likely N-dealkylation sites (tertiary alicyclic amines) is 1. The van der Waals surface area contributed by atoms with Gasteiger partial charge in [-0.25, -0.2) is 4.79 Å². The predicted octanol–water partition coefficient (Wildman–Crippen LogP) is 2.01. The van der Waals surface area contributed by atoms with Gasteiger partial charge in [-0.3, -0.25) is 0 Å². The molecule has 0 saturated carbocycles. The molecular weight excluding hydrogens is 206 g/mol. The van der Waals surface area contributed by atoms with Gasteiger partial charge in [0.15, 0.2) is 0 Å². The Morgan fingerprint density at radius 2 is 2.00 bits per heavy atom. The van der Waals surface area contributed by atoms with Crippen LogP contribution in [0.25, 0.3) is 0 Å². The van der Waals surface area contributed by atoms with E-state index in [0.29, 0.717) is 6.54 Å². The van der Waals surface area contributed by atoms with Crippen molar-refractivity contribution in [2.45, 2.75) is 58.8 Å². The first-order chi connectivity index (χ1) is 7.22. The van der Waals surface area contributed by atoms with Crippen LogP contribution in [-0.4, -0.2) is 40.4 Å². The number of carbonyl (C=O) groups is 1. The zero-order valence-corrected chi connectivity index (χ0v) is 10.9. The summed E-state index contributed by atoms with van der Waals surface area (Å²) in [6, 6.07) is -0.0742. The average molecular weight is 229 g/mol. The van der Waals surface area contributed by atoms with Crippen molar-refractivity contribution in [2.75, 3.05) is 6.54 Å². The number of hydrogen-bond acceptors (Lipinski definition) is 3. The van der Waals surface area contributed by atoms with Crippen LogP contribution in [0.3, 0.4) is 0 Å². The predicted molar refractivity (Wildman–Crippen MR) is 62.2 cm³/mol. The van der Waals surface area contributed by atoms with Gasteiger partial charge in [0.2, 0.25) is 0 Å². The standard InChI is InChI=1S/C12H23NO3/c1-8(2)10(14)9-6-7-13(9)11(15)16-12(3,4)5/h8-10,14H,6-7H2,1-5H3. The molecule has 1 heterocycles. The minimum absolute atomic E-state index is 0.0742. The van der Waals surface area contributed by atoms with E-state index in [1.807, 2.05) is 34.6 Å². The number of hydrogen-bond donors (Lipinski definition) is 1. The molecule has 0 aromatic carbocycles. The lowest BCUT2D eigenvalue weighted by Crippen LogP contribution is -2.58. The normalized spacial score (nSPS) is 22.9. The van der Waals surface area contributed by atoms with E-state index in [4.69, 9.17) is 4.74 Å². The van der Waals surface area contributed by atoms with E-state index in [1.165, 1.54) is 0 Å². The highest BCUT2D eigenvalue weighted by molar-refractivity contribution is 5.69. The molecule has 0 aromatic heterocycles. The smallest absolute Gasteiger partial charge is 0.410 e. The third-order valence-corrected chi connectivity index (χ3v) is 2.77. The Bertz CT molecular complexity index is 257. The van der Waals surface area contributed by atoms with Gasteiger partial charge >= 0.3 is 6.09 Å².